The lowest BCUT2D eigenvalue weighted by molar-refractivity contribution is -0.0471. The fourth-order valence-electron chi connectivity index (χ4n) is 2.19. The average Bonchev–Trinajstić information content (AvgIpc) is 2.30. The Morgan fingerprint density at radius 2 is 2.19 bits per heavy atom. The van der Waals surface area contributed by atoms with Gasteiger partial charge in [0.15, 0.2) is 0 Å². The van der Waals surface area contributed by atoms with E-state index in [0.717, 1.165) is 45.2 Å². The van der Waals surface area contributed by atoms with Crippen molar-refractivity contribution in [3.63, 3.8) is 0 Å². The second kappa shape index (κ2) is 7.25. The lowest BCUT2D eigenvalue weighted by atomic mass is 9.97. The zero-order chi connectivity index (χ0) is 12.0. The summed E-state index contributed by atoms with van der Waals surface area (Å²) in [4.78, 5) is 2.44. The first-order valence-electron chi connectivity index (χ1n) is 6.65. The molecule has 0 aromatic heterocycles. The third kappa shape index (κ3) is 4.40. The Kier molecular flexibility index (Phi) is 6.32. The number of hydrogen-bond acceptors (Lipinski definition) is 3. The first-order valence-corrected chi connectivity index (χ1v) is 6.65. The molecule has 3 heteroatoms. The SMILES string of the molecule is CCC(C)CN(CC)CC1COCCC1O. The van der Waals surface area contributed by atoms with Crippen LogP contribution in [0.15, 0.2) is 0 Å². The monoisotopic (exact) mass is 229 g/mol. The fourth-order valence-corrected chi connectivity index (χ4v) is 2.19. The number of aliphatic hydroxyl groups excluding tert-OH is 1. The number of ether oxygens (including phenoxy) is 1. The van der Waals surface area contributed by atoms with Gasteiger partial charge >= 0.3 is 0 Å². The zero-order valence-corrected chi connectivity index (χ0v) is 11.0. The van der Waals surface area contributed by atoms with E-state index in [4.69, 9.17) is 4.74 Å². The van der Waals surface area contributed by atoms with Gasteiger partial charge < -0.3 is 14.7 Å². The van der Waals surface area contributed by atoms with Gasteiger partial charge in [0, 0.05) is 25.6 Å². The average molecular weight is 229 g/mol. The molecule has 0 amide bonds. The molecule has 0 aromatic rings. The van der Waals surface area contributed by atoms with Crippen LogP contribution in [0.2, 0.25) is 0 Å². The Morgan fingerprint density at radius 3 is 2.75 bits per heavy atom. The van der Waals surface area contributed by atoms with Crippen LogP contribution >= 0.6 is 0 Å². The van der Waals surface area contributed by atoms with Crippen LogP contribution < -0.4 is 0 Å². The van der Waals surface area contributed by atoms with Gasteiger partial charge in [-0.2, -0.15) is 0 Å². The molecule has 1 heterocycles. The largest absolute Gasteiger partial charge is 0.393 e. The van der Waals surface area contributed by atoms with Crippen molar-refractivity contribution < 1.29 is 9.84 Å². The van der Waals surface area contributed by atoms with Crippen LogP contribution in [-0.2, 0) is 4.74 Å². The summed E-state index contributed by atoms with van der Waals surface area (Å²) in [6.07, 6.45) is 1.85. The summed E-state index contributed by atoms with van der Waals surface area (Å²) in [5.41, 5.74) is 0. The summed E-state index contributed by atoms with van der Waals surface area (Å²) in [5.74, 6) is 1.04. The maximum Gasteiger partial charge on any atom is 0.0624 e. The van der Waals surface area contributed by atoms with E-state index >= 15 is 0 Å². The molecular weight excluding hydrogens is 202 g/mol. The molecule has 3 atom stereocenters. The Balaban J connectivity index is 2.36. The third-order valence-electron chi connectivity index (χ3n) is 3.64. The minimum atomic E-state index is -0.167. The van der Waals surface area contributed by atoms with Gasteiger partial charge in [-0.3, -0.25) is 0 Å². The van der Waals surface area contributed by atoms with Crippen LogP contribution in [0, 0.1) is 11.8 Å². The summed E-state index contributed by atoms with van der Waals surface area (Å²) in [5, 5.41) is 9.90. The standard InChI is InChI=1S/C13H27NO2/c1-4-11(3)8-14(5-2)9-12-10-16-7-6-13(12)15/h11-13,15H,4-10H2,1-3H3. The van der Waals surface area contributed by atoms with Gasteiger partial charge in [0.1, 0.15) is 0 Å². The maximum atomic E-state index is 9.90. The maximum absolute atomic E-state index is 9.90. The van der Waals surface area contributed by atoms with Gasteiger partial charge in [0.25, 0.3) is 0 Å². The number of nitrogens with zero attached hydrogens (tertiary/aromatic N) is 1. The zero-order valence-electron chi connectivity index (χ0n) is 11.0. The second-order valence-electron chi connectivity index (χ2n) is 5.06. The molecule has 0 radical (unpaired) electrons. The minimum Gasteiger partial charge on any atom is -0.393 e. The molecule has 1 N–H and O–H groups in total. The van der Waals surface area contributed by atoms with Crippen molar-refractivity contribution in [3.8, 4) is 0 Å². The second-order valence-corrected chi connectivity index (χ2v) is 5.06. The van der Waals surface area contributed by atoms with Crippen LogP contribution in [0.5, 0.6) is 0 Å². The van der Waals surface area contributed by atoms with Gasteiger partial charge in [-0.15, -0.1) is 0 Å². The van der Waals surface area contributed by atoms with Crippen molar-refractivity contribution in [2.24, 2.45) is 11.8 Å². The molecule has 3 nitrogen and oxygen atoms in total. The summed E-state index contributed by atoms with van der Waals surface area (Å²) in [6.45, 7) is 11.3. The topological polar surface area (TPSA) is 32.7 Å². The molecule has 3 unspecified atom stereocenters. The highest BCUT2D eigenvalue weighted by Gasteiger charge is 2.25. The minimum absolute atomic E-state index is 0.167. The van der Waals surface area contributed by atoms with E-state index in [9.17, 15) is 5.11 Å². The molecule has 16 heavy (non-hydrogen) atoms. The number of rotatable bonds is 6. The van der Waals surface area contributed by atoms with Crippen LogP contribution in [0.25, 0.3) is 0 Å². The highest BCUT2D eigenvalue weighted by molar-refractivity contribution is 4.76. The lowest BCUT2D eigenvalue weighted by Gasteiger charge is -2.33. The number of aliphatic hydroxyl groups is 1. The molecule has 1 aliphatic heterocycles. The predicted molar refractivity (Wildman–Crippen MR) is 66.5 cm³/mol. The molecular formula is C13H27NO2. The molecule has 0 aromatic carbocycles. The van der Waals surface area contributed by atoms with Gasteiger partial charge in [0.2, 0.25) is 0 Å². The quantitative estimate of drug-likeness (QED) is 0.753. The fraction of sp³-hybridized carbons (Fsp3) is 1.00. The van der Waals surface area contributed by atoms with Crippen molar-refractivity contribution in [1.82, 2.24) is 4.90 Å². The molecule has 1 rings (SSSR count). The van der Waals surface area contributed by atoms with E-state index in [1.807, 2.05) is 0 Å². The smallest absolute Gasteiger partial charge is 0.0624 e. The van der Waals surface area contributed by atoms with E-state index < -0.39 is 0 Å². The van der Waals surface area contributed by atoms with Crippen LogP contribution in [0.4, 0.5) is 0 Å². The normalized spacial score (nSPS) is 28.3. The summed E-state index contributed by atoms with van der Waals surface area (Å²) in [6, 6.07) is 0. The van der Waals surface area contributed by atoms with Crippen molar-refractivity contribution in [2.45, 2.75) is 39.7 Å². The molecule has 0 bridgehead atoms. The van der Waals surface area contributed by atoms with E-state index in [0.29, 0.717) is 5.92 Å². The van der Waals surface area contributed by atoms with Crippen molar-refractivity contribution in [2.75, 3.05) is 32.8 Å². The first kappa shape index (κ1) is 13.9. The highest BCUT2D eigenvalue weighted by Crippen LogP contribution is 2.17. The summed E-state index contributed by atoms with van der Waals surface area (Å²) < 4.78 is 5.44. The number of hydrogen-bond donors (Lipinski definition) is 1. The molecule has 0 aliphatic carbocycles. The molecule has 0 spiro atoms. The van der Waals surface area contributed by atoms with E-state index in [1.54, 1.807) is 0 Å². The molecule has 96 valence electrons. The van der Waals surface area contributed by atoms with E-state index in [-0.39, 0.29) is 6.10 Å². The predicted octanol–water partition coefficient (Wildman–Crippen LogP) is 1.75. The van der Waals surface area contributed by atoms with Crippen molar-refractivity contribution in [1.29, 1.82) is 0 Å². The van der Waals surface area contributed by atoms with Gasteiger partial charge in [0.05, 0.1) is 12.7 Å². The van der Waals surface area contributed by atoms with Gasteiger partial charge in [-0.05, 0) is 18.9 Å². The molecule has 1 aliphatic rings. The van der Waals surface area contributed by atoms with Gasteiger partial charge in [-0.25, -0.2) is 0 Å². The molecule has 1 fully saturated rings. The van der Waals surface area contributed by atoms with Crippen LogP contribution in [-0.4, -0.2) is 49.0 Å². The van der Waals surface area contributed by atoms with Gasteiger partial charge in [-0.1, -0.05) is 27.2 Å². The summed E-state index contributed by atoms with van der Waals surface area (Å²) >= 11 is 0. The lowest BCUT2D eigenvalue weighted by Crippen LogP contribution is -2.42. The van der Waals surface area contributed by atoms with Crippen molar-refractivity contribution >= 4 is 0 Å². The van der Waals surface area contributed by atoms with Crippen LogP contribution in [0.1, 0.15) is 33.6 Å². The highest BCUT2D eigenvalue weighted by atomic mass is 16.5. The van der Waals surface area contributed by atoms with E-state index in [1.165, 1.54) is 6.42 Å². The molecule has 0 saturated carbocycles. The molecule has 1 saturated heterocycles. The Bertz CT molecular complexity index is 187. The van der Waals surface area contributed by atoms with Crippen molar-refractivity contribution in [3.05, 3.63) is 0 Å². The third-order valence-corrected chi connectivity index (χ3v) is 3.64. The first-order chi connectivity index (χ1) is 7.67. The van der Waals surface area contributed by atoms with E-state index in [2.05, 4.69) is 25.7 Å². The van der Waals surface area contributed by atoms with Crippen LogP contribution in [0.3, 0.4) is 0 Å². The Hall–Kier alpha value is -0.120. The Labute approximate surface area is 99.8 Å². The Morgan fingerprint density at radius 1 is 1.44 bits per heavy atom. The summed E-state index contributed by atoms with van der Waals surface area (Å²) in [7, 11) is 0.